The molecule has 0 amide bonds. The summed E-state index contributed by atoms with van der Waals surface area (Å²) in [4.78, 5) is 29.8. The normalized spacial score (nSPS) is 17.0. The number of rotatable bonds is 6. The Bertz CT molecular complexity index is 1300. The van der Waals surface area contributed by atoms with Crippen molar-refractivity contribution in [1.82, 2.24) is 4.98 Å². The summed E-state index contributed by atoms with van der Waals surface area (Å²) < 4.78 is 35.7. The number of aryl methyl sites for hydroxylation is 1. The minimum atomic E-state index is -3.69. The number of fused-ring (bicyclic) bond motifs is 1. The van der Waals surface area contributed by atoms with E-state index >= 15 is 0 Å². The zero-order chi connectivity index (χ0) is 23.4. The van der Waals surface area contributed by atoms with E-state index in [0.717, 1.165) is 16.8 Å². The number of hydrogen-bond donors (Lipinski definition) is 0. The lowest BCUT2D eigenvalue weighted by Crippen LogP contribution is -2.26. The molecule has 0 spiro atoms. The smallest absolute Gasteiger partial charge is 0.395 e. The van der Waals surface area contributed by atoms with Crippen molar-refractivity contribution in [2.24, 2.45) is 0 Å². The number of ether oxygens (including phenoxy) is 2. The fourth-order valence-corrected chi connectivity index (χ4v) is 4.28. The molecule has 1 saturated carbocycles. The number of carbonyl (C=O) groups is 2. The number of ketones is 2. The lowest BCUT2D eigenvalue weighted by Gasteiger charge is -2.16. The number of hydrogen-bond acceptors (Lipinski definition) is 5. The molecule has 1 aliphatic heterocycles. The molecule has 0 saturated heterocycles. The zero-order valence-corrected chi connectivity index (χ0v) is 18.2. The van der Waals surface area contributed by atoms with Gasteiger partial charge in [0, 0.05) is 24.7 Å². The molecular weight excluding hydrogens is 428 g/mol. The number of benzene rings is 2. The van der Waals surface area contributed by atoms with Crippen LogP contribution in [0.2, 0.25) is 0 Å². The van der Waals surface area contributed by atoms with E-state index < -0.39 is 11.7 Å². The van der Waals surface area contributed by atoms with Gasteiger partial charge < -0.3 is 9.47 Å². The third-order valence-electron chi connectivity index (χ3n) is 6.28. The maximum Gasteiger partial charge on any atom is 0.586 e. The van der Waals surface area contributed by atoms with Crippen LogP contribution in [0.15, 0.2) is 54.6 Å². The Kier molecular flexibility index (Phi) is 4.81. The molecule has 2 heterocycles. The minimum Gasteiger partial charge on any atom is -0.395 e. The lowest BCUT2D eigenvalue weighted by molar-refractivity contribution is -0.286. The quantitative estimate of drug-likeness (QED) is 0.452. The van der Waals surface area contributed by atoms with Crippen LogP contribution in [0.3, 0.4) is 0 Å². The van der Waals surface area contributed by atoms with Crippen molar-refractivity contribution in [3.05, 3.63) is 77.0 Å². The number of pyridine rings is 1. The van der Waals surface area contributed by atoms with Crippen molar-refractivity contribution < 1.29 is 29.3 Å². The van der Waals surface area contributed by atoms with Gasteiger partial charge in [0.1, 0.15) is 5.78 Å². The van der Waals surface area contributed by atoms with Crippen molar-refractivity contribution in [3.63, 3.8) is 0 Å². The van der Waals surface area contributed by atoms with Crippen molar-refractivity contribution >= 4 is 11.6 Å². The molecule has 1 aromatic heterocycles. The summed E-state index contributed by atoms with van der Waals surface area (Å²) in [5, 5.41) is 0. The van der Waals surface area contributed by atoms with Crippen molar-refractivity contribution in [2.45, 2.75) is 44.8 Å². The van der Waals surface area contributed by atoms with E-state index in [1.54, 1.807) is 18.2 Å². The average molecular weight is 451 g/mol. The number of nitrogens with zero attached hydrogens (tertiary/aromatic N) is 1. The largest absolute Gasteiger partial charge is 0.586 e. The highest BCUT2D eigenvalue weighted by Gasteiger charge is 2.52. The Morgan fingerprint density at radius 3 is 2.52 bits per heavy atom. The molecule has 2 aliphatic rings. The van der Waals surface area contributed by atoms with Crippen LogP contribution in [0.4, 0.5) is 8.78 Å². The number of Topliss-reactive ketones (excluding diaryl/α,β-unsaturated/α-hetero) is 2. The van der Waals surface area contributed by atoms with E-state index in [2.05, 4.69) is 9.47 Å². The van der Waals surface area contributed by atoms with Gasteiger partial charge in [-0.05, 0) is 62.1 Å². The van der Waals surface area contributed by atoms with Crippen LogP contribution in [0, 0.1) is 6.92 Å². The molecule has 1 fully saturated rings. The number of alkyl halides is 2. The van der Waals surface area contributed by atoms with E-state index in [1.165, 1.54) is 19.1 Å². The van der Waals surface area contributed by atoms with E-state index in [0.29, 0.717) is 29.7 Å². The Hall–Kier alpha value is -3.61. The zero-order valence-electron chi connectivity index (χ0n) is 18.2. The van der Waals surface area contributed by atoms with Crippen LogP contribution in [0.1, 0.15) is 48.4 Å². The van der Waals surface area contributed by atoms with Crippen LogP contribution >= 0.6 is 0 Å². The monoisotopic (exact) mass is 451 g/mol. The van der Waals surface area contributed by atoms with Gasteiger partial charge in [-0.25, -0.2) is 0 Å². The topological polar surface area (TPSA) is 65.5 Å². The van der Waals surface area contributed by atoms with E-state index in [1.807, 2.05) is 31.2 Å². The van der Waals surface area contributed by atoms with E-state index in [4.69, 9.17) is 4.98 Å². The summed E-state index contributed by atoms with van der Waals surface area (Å²) in [5.41, 5.74) is 3.61. The van der Waals surface area contributed by atoms with Crippen molar-refractivity contribution in [2.75, 3.05) is 0 Å². The van der Waals surface area contributed by atoms with Gasteiger partial charge in [0.05, 0.1) is 11.1 Å². The van der Waals surface area contributed by atoms with Crippen LogP contribution < -0.4 is 9.47 Å². The number of halogens is 2. The minimum absolute atomic E-state index is 0. The van der Waals surface area contributed by atoms with Gasteiger partial charge in [0.15, 0.2) is 17.3 Å². The summed E-state index contributed by atoms with van der Waals surface area (Å²) in [7, 11) is 0. The fourth-order valence-electron chi connectivity index (χ4n) is 4.28. The SMILES string of the molecule is CC(=O)c1cccc(-c2nc(CC(=O)C3(c4ccc5c(c4)OC(F)(F)O5)CC3)ccc2C)c1.[HH]. The molecule has 0 N–H and O–H groups in total. The van der Waals surface area contributed by atoms with Gasteiger partial charge in [0.2, 0.25) is 0 Å². The summed E-state index contributed by atoms with van der Waals surface area (Å²) in [6.07, 6.45) is -2.30. The third kappa shape index (κ3) is 3.88. The van der Waals surface area contributed by atoms with Gasteiger partial charge >= 0.3 is 6.29 Å². The molecule has 7 heteroatoms. The van der Waals surface area contributed by atoms with Gasteiger partial charge in [0.25, 0.3) is 0 Å². The lowest BCUT2D eigenvalue weighted by atomic mass is 9.88. The van der Waals surface area contributed by atoms with Gasteiger partial charge in [-0.2, -0.15) is 0 Å². The molecule has 5 rings (SSSR count). The molecule has 1 aliphatic carbocycles. The molecule has 5 nitrogen and oxygen atoms in total. The Balaban J connectivity index is 0.00000274. The maximum absolute atomic E-state index is 13.4. The molecule has 0 radical (unpaired) electrons. The second-order valence-corrected chi connectivity index (χ2v) is 8.62. The first-order valence-corrected chi connectivity index (χ1v) is 10.7. The maximum atomic E-state index is 13.4. The first kappa shape index (κ1) is 21.2. The summed E-state index contributed by atoms with van der Waals surface area (Å²) in [6.45, 7) is 3.44. The van der Waals surface area contributed by atoms with Crippen LogP contribution in [-0.4, -0.2) is 22.8 Å². The Labute approximate surface area is 190 Å². The molecule has 0 unspecified atom stereocenters. The molecule has 0 atom stereocenters. The predicted octanol–water partition coefficient (Wildman–Crippen LogP) is 5.67. The van der Waals surface area contributed by atoms with Crippen molar-refractivity contribution in [1.29, 1.82) is 0 Å². The number of aromatic nitrogens is 1. The second-order valence-electron chi connectivity index (χ2n) is 8.62. The Morgan fingerprint density at radius 1 is 1.03 bits per heavy atom. The average Bonchev–Trinajstić information content (AvgIpc) is 3.52. The highest BCUT2D eigenvalue weighted by Crippen LogP contribution is 2.52. The predicted molar refractivity (Wildman–Crippen MR) is 119 cm³/mol. The molecule has 170 valence electrons. The van der Waals surface area contributed by atoms with Crippen LogP contribution in [0.5, 0.6) is 11.5 Å². The van der Waals surface area contributed by atoms with E-state index in [9.17, 15) is 18.4 Å². The standard InChI is InChI=1S/C26H21F2NO4.H2/c1-15-6-8-20(29-24(15)18-5-3-4-17(12-18)16(2)30)14-23(31)25(10-11-25)19-7-9-21-22(13-19)33-26(27,28)32-21;/h3-9,12-13H,10-11,14H2,1-2H3;1H. The third-order valence-corrected chi connectivity index (χ3v) is 6.28. The molecular formula is C26H23F2NO4. The highest BCUT2D eigenvalue weighted by molar-refractivity contribution is 5.96. The summed E-state index contributed by atoms with van der Waals surface area (Å²) in [5.74, 6) is -0.145. The summed E-state index contributed by atoms with van der Waals surface area (Å²) in [6, 6.07) is 15.5. The van der Waals surface area contributed by atoms with Crippen molar-refractivity contribution in [3.8, 4) is 22.8 Å². The fraction of sp³-hybridized carbons (Fsp3) is 0.269. The van der Waals surface area contributed by atoms with Gasteiger partial charge in [-0.1, -0.05) is 30.3 Å². The van der Waals surface area contributed by atoms with Crippen LogP contribution in [0.25, 0.3) is 11.3 Å². The Morgan fingerprint density at radius 2 is 1.79 bits per heavy atom. The molecule has 3 aromatic rings. The highest BCUT2D eigenvalue weighted by atomic mass is 19.3. The number of carbonyl (C=O) groups excluding carboxylic acids is 2. The second kappa shape index (κ2) is 7.47. The van der Waals surface area contributed by atoms with Gasteiger partial charge in [-0.3, -0.25) is 14.6 Å². The van der Waals surface area contributed by atoms with Gasteiger partial charge in [-0.15, -0.1) is 8.78 Å². The molecule has 33 heavy (non-hydrogen) atoms. The summed E-state index contributed by atoms with van der Waals surface area (Å²) >= 11 is 0. The first-order chi connectivity index (χ1) is 15.7. The van der Waals surface area contributed by atoms with Crippen LogP contribution in [-0.2, 0) is 16.6 Å². The van der Waals surface area contributed by atoms with E-state index in [-0.39, 0.29) is 30.9 Å². The molecule has 0 bridgehead atoms. The molecule has 2 aromatic carbocycles. The first-order valence-electron chi connectivity index (χ1n) is 10.7.